The molecule has 1 unspecified atom stereocenters. The number of aromatic nitrogens is 2. The fourth-order valence-corrected chi connectivity index (χ4v) is 2.95. The smallest absolute Gasteiger partial charge is 0.241 e. The van der Waals surface area contributed by atoms with Crippen LogP contribution in [0.15, 0.2) is 28.8 Å². The Labute approximate surface area is 128 Å². The summed E-state index contributed by atoms with van der Waals surface area (Å²) in [7, 11) is 0. The van der Waals surface area contributed by atoms with Crippen LogP contribution >= 0.6 is 0 Å². The van der Waals surface area contributed by atoms with E-state index < -0.39 is 0 Å². The third kappa shape index (κ3) is 3.51. The average Bonchev–Trinajstić information content (AvgIpc) is 2.99. The summed E-state index contributed by atoms with van der Waals surface area (Å²) in [6.07, 6.45) is 4.23. The zero-order valence-electron chi connectivity index (χ0n) is 12.4. The molecule has 1 aliphatic rings. The van der Waals surface area contributed by atoms with Gasteiger partial charge in [-0.25, -0.2) is 4.39 Å². The van der Waals surface area contributed by atoms with Crippen LogP contribution in [0.25, 0.3) is 11.4 Å². The van der Waals surface area contributed by atoms with Crippen molar-refractivity contribution < 1.29 is 14.0 Å². The zero-order valence-corrected chi connectivity index (χ0v) is 12.4. The Bertz CT molecular complexity index is 598. The van der Waals surface area contributed by atoms with Crippen LogP contribution in [0.5, 0.6) is 0 Å². The quantitative estimate of drug-likeness (QED) is 0.920. The number of aliphatic hydroxyl groups excluding tert-OH is 1. The second-order valence-corrected chi connectivity index (χ2v) is 5.65. The van der Waals surface area contributed by atoms with Gasteiger partial charge in [0.1, 0.15) is 5.82 Å². The lowest BCUT2D eigenvalue weighted by molar-refractivity contribution is 0.100. The van der Waals surface area contributed by atoms with Gasteiger partial charge in [0.2, 0.25) is 11.7 Å². The van der Waals surface area contributed by atoms with Crippen molar-refractivity contribution in [3.05, 3.63) is 36.0 Å². The van der Waals surface area contributed by atoms with Crippen molar-refractivity contribution in [3.8, 4) is 11.4 Å². The van der Waals surface area contributed by atoms with Crippen molar-refractivity contribution in [2.45, 2.75) is 38.3 Å². The molecule has 118 valence electrons. The van der Waals surface area contributed by atoms with Crippen LogP contribution in [-0.2, 0) is 6.54 Å². The number of benzene rings is 1. The van der Waals surface area contributed by atoms with Crippen LogP contribution in [0.3, 0.4) is 0 Å². The lowest BCUT2D eigenvalue weighted by atomic mass is 10.00. The Hall–Kier alpha value is -1.79. The first-order valence-corrected chi connectivity index (χ1v) is 7.69. The largest absolute Gasteiger partial charge is 0.396 e. The van der Waals surface area contributed by atoms with Gasteiger partial charge in [0, 0.05) is 18.2 Å². The van der Waals surface area contributed by atoms with Crippen molar-refractivity contribution in [2.24, 2.45) is 0 Å². The van der Waals surface area contributed by atoms with Crippen LogP contribution in [0.2, 0.25) is 0 Å². The molecule has 2 heterocycles. The summed E-state index contributed by atoms with van der Waals surface area (Å²) in [4.78, 5) is 6.69. The lowest BCUT2D eigenvalue weighted by Crippen LogP contribution is -2.39. The van der Waals surface area contributed by atoms with Gasteiger partial charge < -0.3 is 9.63 Å². The summed E-state index contributed by atoms with van der Waals surface area (Å²) >= 11 is 0. The molecule has 1 aromatic carbocycles. The van der Waals surface area contributed by atoms with Crippen LogP contribution in [0.4, 0.5) is 4.39 Å². The number of piperidine rings is 1. The fourth-order valence-electron chi connectivity index (χ4n) is 2.95. The standard InChI is InChI=1S/C16H20FN3O2/c17-13-6-4-12(5-7-13)16-18-15(22-19-16)11-20-9-2-1-3-14(20)8-10-21/h4-7,14,21H,1-3,8-11H2. The molecular formula is C16H20FN3O2. The molecular weight excluding hydrogens is 285 g/mol. The predicted octanol–water partition coefficient (Wildman–Crippen LogP) is 2.61. The number of nitrogens with zero attached hydrogens (tertiary/aromatic N) is 3. The molecule has 1 N–H and O–H groups in total. The molecule has 1 saturated heterocycles. The monoisotopic (exact) mass is 305 g/mol. The van der Waals surface area contributed by atoms with Gasteiger partial charge >= 0.3 is 0 Å². The van der Waals surface area contributed by atoms with Gasteiger partial charge in [-0.2, -0.15) is 4.98 Å². The first kappa shape index (κ1) is 15.1. The van der Waals surface area contributed by atoms with E-state index in [0.717, 1.165) is 31.4 Å². The van der Waals surface area contributed by atoms with E-state index in [1.165, 1.54) is 18.6 Å². The third-order valence-electron chi connectivity index (χ3n) is 4.12. The average molecular weight is 305 g/mol. The van der Waals surface area contributed by atoms with E-state index in [1.54, 1.807) is 12.1 Å². The van der Waals surface area contributed by atoms with Gasteiger partial charge in [-0.15, -0.1) is 0 Å². The molecule has 2 aromatic rings. The maximum atomic E-state index is 12.9. The third-order valence-corrected chi connectivity index (χ3v) is 4.12. The first-order valence-electron chi connectivity index (χ1n) is 7.69. The summed E-state index contributed by atoms with van der Waals surface area (Å²) in [6, 6.07) is 6.42. The second kappa shape index (κ2) is 6.98. The molecule has 0 aliphatic carbocycles. The highest BCUT2D eigenvalue weighted by Crippen LogP contribution is 2.22. The lowest BCUT2D eigenvalue weighted by Gasteiger charge is -2.34. The van der Waals surface area contributed by atoms with Crippen molar-refractivity contribution >= 4 is 0 Å². The van der Waals surface area contributed by atoms with E-state index in [9.17, 15) is 4.39 Å². The number of hydrogen-bond acceptors (Lipinski definition) is 5. The van der Waals surface area contributed by atoms with Gasteiger partial charge in [0.05, 0.1) is 6.54 Å². The molecule has 1 fully saturated rings. The minimum absolute atomic E-state index is 0.200. The van der Waals surface area contributed by atoms with Crippen LogP contribution in [0, 0.1) is 5.82 Å². The van der Waals surface area contributed by atoms with Gasteiger partial charge in [-0.05, 0) is 50.1 Å². The highest BCUT2D eigenvalue weighted by Gasteiger charge is 2.24. The SMILES string of the molecule is OCCC1CCCCN1Cc1nc(-c2ccc(F)cc2)no1. The minimum Gasteiger partial charge on any atom is -0.396 e. The molecule has 1 atom stereocenters. The number of hydrogen-bond donors (Lipinski definition) is 1. The van der Waals surface area contributed by atoms with Crippen molar-refractivity contribution in [1.82, 2.24) is 15.0 Å². The topological polar surface area (TPSA) is 62.4 Å². The summed E-state index contributed by atoms with van der Waals surface area (Å²) in [5.74, 6) is 0.752. The van der Waals surface area contributed by atoms with Gasteiger partial charge in [0.25, 0.3) is 0 Å². The van der Waals surface area contributed by atoms with E-state index in [0.29, 0.717) is 24.3 Å². The predicted molar refractivity (Wildman–Crippen MR) is 79.4 cm³/mol. The molecule has 0 bridgehead atoms. The van der Waals surface area contributed by atoms with E-state index in [1.807, 2.05) is 0 Å². The molecule has 1 aliphatic heterocycles. The number of aliphatic hydroxyl groups is 1. The van der Waals surface area contributed by atoms with E-state index in [2.05, 4.69) is 15.0 Å². The second-order valence-electron chi connectivity index (χ2n) is 5.65. The Morgan fingerprint density at radius 3 is 2.86 bits per heavy atom. The summed E-state index contributed by atoms with van der Waals surface area (Å²) < 4.78 is 18.3. The van der Waals surface area contributed by atoms with E-state index >= 15 is 0 Å². The number of likely N-dealkylation sites (tertiary alicyclic amines) is 1. The highest BCUT2D eigenvalue weighted by atomic mass is 19.1. The molecule has 5 nitrogen and oxygen atoms in total. The van der Waals surface area contributed by atoms with Crippen molar-refractivity contribution in [2.75, 3.05) is 13.2 Å². The number of rotatable bonds is 5. The molecule has 6 heteroatoms. The molecule has 0 radical (unpaired) electrons. The normalized spacial score (nSPS) is 19.5. The van der Waals surface area contributed by atoms with Crippen LogP contribution < -0.4 is 0 Å². The van der Waals surface area contributed by atoms with Crippen molar-refractivity contribution in [1.29, 1.82) is 0 Å². The molecule has 0 spiro atoms. The molecule has 0 amide bonds. The van der Waals surface area contributed by atoms with Crippen LogP contribution in [-0.4, -0.2) is 39.3 Å². The molecule has 22 heavy (non-hydrogen) atoms. The molecule has 3 rings (SSSR count). The summed E-state index contributed by atoms with van der Waals surface area (Å²) in [6.45, 7) is 1.78. The Balaban J connectivity index is 1.69. The Morgan fingerprint density at radius 2 is 2.09 bits per heavy atom. The Morgan fingerprint density at radius 1 is 1.27 bits per heavy atom. The molecule has 0 saturated carbocycles. The maximum absolute atomic E-state index is 12.9. The van der Waals surface area contributed by atoms with E-state index in [4.69, 9.17) is 9.63 Å². The highest BCUT2D eigenvalue weighted by molar-refractivity contribution is 5.53. The maximum Gasteiger partial charge on any atom is 0.241 e. The minimum atomic E-state index is -0.285. The summed E-state index contributed by atoms with van der Waals surface area (Å²) in [5, 5.41) is 13.1. The van der Waals surface area contributed by atoms with Crippen LogP contribution in [0.1, 0.15) is 31.6 Å². The zero-order chi connectivity index (χ0) is 15.4. The number of halogens is 1. The summed E-state index contributed by atoms with van der Waals surface area (Å²) in [5.41, 5.74) is 0.738. The van der Waals surface area contributed by atoms with E-state index in [-0.39, 0.29) is 12.4 Å². The van der Waals surface area contributed by atoms with Gasteiger partial charge in [-0.1, -0.05) is 11.6 Å². The van der Waals surface area contributed by atoms with Crippen molar-refractivity contribution in [3.63, 3.8) is 0 Å². The Kier molecular flexibility index (Phi) is 4.80. The van der Waals surface area contributed by atoms with Gasteiger partial charge in [0.15, 0.2) is 0 Å². The first-order chi connectivity index (χ1) is 10.8. The molecule has 1 aromatic heterocycles. The van der Waals surface area contributed by atoms with Gasteiger partial charge in [-0.3, -0.25) is 4.90 Å². The fraction of sp³-hybridized carbons (Fsp3) is 0.500.